The molecule has 1 rings (SSSR count). The van der Waals surface area contributed by atoms with Crippen LogP contribution < -0.4 is 15.2 Å². The summed E-state index contributed by atoms with van der Waals surface area (Å²) in [4.78, 5) is 13.8. The molecule has 0 bridgehead atoms. The van der Waals surface area contributed by atoms with Gasteiger partial charge < -0.3 is 20.1 Å². The van der Waals surface area contributed by atoms with Gasteiger partial charge in [0.1, 0.15) is 16.5 Å². The Hall–Kier alpha value is -1.82. The molecular formula is C14H20N2O3S. The van der Waals surface area contributed by atoms with Gasteiger partial charge in [-0.25, -0.2) is 0 Å². The van der Waals surface area contributed by atoms with Crippen LogP contribution in [-0.2, 0) is 4.79 Å². The van der Waals surface area contributed by atoms with E-state index in [9.17, 15) is 4.79 Å². The molecule has 1 aromatic rings. The molecule has 0 atom stereocenters. The molecule has 1 aromatic carbocycles. The Kier molecular flexibility index (Phi) is 6.24. The number of amides is 1. The molecule has 2 N–H and O–H groups in total. The summed E-state index contributed by atoms with van der Waals surface area (Å²) < 4.78 is 10.7. The number of nitrogens with two attached hydrogens (primary N) is 1. The summed E-state index contributed by atoms with van der Waals surface area (Å²) in [5.74, 6) is 1.03. The molecule has 1 amide bonds. The molecule has 0 aliphatic heterocycles. The summed E-state index contributed by atoms with van der Waals surface area (Å²) in [6.45, 7) is 5.16. The van der Waals surface area contributed by atoms with E-state index in [0.717, 1.165) is 0 Å². The Labute approximate surface area is 124 Å². The standard InChI is InChI=1S/C14H20N2O3S/c1-4-16(5-2)13(17)9-19-12-7-10(14(15)20)6-11(8-12)18-3/h6-8H,4-5,9H2,1-3H3,(H2,15,20). The Balaban J connectivity index is 2.79. The van der Waals surface area contributed by atoms with Crippen LogP contribution in [0.25, 0.3) is 0 Å². The number of carbonyl (C=O) groups is 1. The minimum atomic E-state index is -0.0605. The first-order chi connectivity index (χ1) is 9.51. The first-order valence-corrected chi connectivity index (χ1v) is 6.82. The molecule has 0 aliphatic carbocycles. The summed E-state index contributed by atoms with van der Waals surface area (Å²) in [5.41, 5.74) is 6.24. The van der Waals surface area contributed by atoms with Crippen LogP contribution in [0.3, 0.4) is 0 Å². The molecule has 0 saturated carbocycles. The lowest BCUT2D eigenvalue weighted by atomic mass is 10.2. The summed E-state index contributed by atoms with van der Waals surface area (Å²) in [7, 11) is 1.55. The summed E-state index contributed by atoms with van der Waals surface area (Å²) >= 11 is 4.94. The van der Waals surface area contributed by atoms with Crippen LogP contribution in [-0.4, -0.2) is 42.6 Å². The van der Waals surface area contributed by atoms with E-state index in [1.54, 1.807) is 30.2 Å². The highest BCUT2D eigenvalue weighted by atomic mass is 32.1. The van der Waals surface area contributed by atoms with Gasteiger partial charge in [0.05, 0.1) is 7.11 Å². The summed E-state index contributed by atoms with van der Waals surface area (Å²) in [6, 6.07) is 5.11. The minimum absolute atomic E-state index is 0.0222. The van der Waals surface area contributed by atoms with Crippen molar-refractivity contribution in [1.82, 2.24) is 4.90 Å². The second-order valence-corrected chi connectivity index (χ2v) is 4.56. The molecule has 0 unspecified atom stereocenters. The van der Waals surface area contributed by atoms with Crippen molar-refractivity contribution in [2.75, 3.05) is 26.8 Å². The average molecular weight is 296 g/mol. The Bertz CT molecular complexity index is 487. The van der Waals surface area contributed by atoms with Crippen molar-refractivity contribution >= 4 is 23.1 Å². The zero-order chi connectivity index (χ0) is 15.1. The fourth-order valence-electron chi connectivity index (χ4n) is 1.73. The summed E-state index contributed by atoms with van der Waals surface area (Å²) in [6.07, 6.45) is 0. The predicted molar refractivity (Wildman–Crippen MR) is 82.3 cm³/mol. The van der Waals surface area contributed by atoms with Crippen LogP contribution in [0.5, 0.6) is 11.5 Å². The van der Waals surface area contributed by atoms with E-state index >= 15 is 0 Å². The molecule has 6 heteroatoms. The number of methoxy groups -OCH3 is 1. The molecule has 5 nitrogen and oxygen atoms in total. The number of benzene rings is 1. The van der Waals surface area contributed by atoms with Crippen molar-refractivity contribution in [2.24, 2.45) is 5.73 Å². The number of rotatable bonds is 7. The van der Waals surface area contributed by atoms with Crippen LogP contribution in [0, 0.1) is 0 Å². The fourth-order valence-corrected chi connectivity index (χ4v) is 1.85. The van der Waals surface area contributed by atoms with Gasteiger partial charge in [-0.1, -0.05) is 12.2 Å². The second-order valence-electron chi connectivity index (χ2n) is 4.12. The van der Waals surface area contributed by atoms with Gasteiger partial charge in [-0.05, 0) is 26.0 Å². The lowest BCUT2D eigenvalue weighted by molar-refractivity contribution is -0.132. The minimum Gasteiger partial charge on any atom is -0.497 e. The maximum Gasteiger partial charge on any atom is 0.260 e. The molecule has 0 spiro atoms. The number of hydrogen-bond acceptors (Lipinski definition) is 4. The number of hydrogen-bond donors (Lipinski definition) is 1. The third-order valence-electron chi connectivity index (χ3n) is 2.88. The highest BCUT2D eigenvalue weighted by Gasteiger charge is 2.11. The zero-order valence-electron chi connectivity index (χ0n) is 12.0. The molecule has 0 aliphatic rings. The van der Waals surface area contributed by atoms with Crippen molar-refractivity contribution in [2.45, 2.75) is 13.8 Å². The van der Waals surface area contributed by atoms with Gasteiger partial charge in [0.25, 0.3) is 5.91 Å². The quantitative estimate of drug-likeness (QED) is 0.774. The van der Waals surface area contributed by atoms with Crippen molar-refractivity contribution in [3.63, 3.8) is 0 Å². The molecule has 0 saturated heterocycles. The Morgan fingerprint density at radius 2 is 1.85 bits per heavy atom. The van der Waals surface area contributed by atoms with Crippen molar-refractivity contribution in [3.05, 3.63) is 23.8 Å². The average Bonchev–Trinajstić information content (AvgIpc) is 2.45. The molecule has 0 heterocycles. The lowest BCUT2D eigenvalue weighted by Gasteiger charge is -2.19. The predicted octanol–water partition coefficient (Wildman–Crippen LogP) is 1.58. The van der Waals surface area contributed by atoms with Gasteiger partial charge >= 0.3 is 0 Å². The van der Waals surface area contributed by atoms with E-state index in [2.05, 4.69) is 0 Å². The van der Waals surface area contributed by atoms with E-state index in [1.807, 2.05) is 13.8 Å². The van der Waals surface area contributed by atoms with E-state index in [0.29, 0.717) is 30.2 Å². The van der Waals surface area contributed by atoms with Crippen LogP contribution in [0.2, 0.25) is 0 Å². The highest BCUT2D eigenvalue weighted by Crippen LogP contribution is 2.22. The van der Waals surface area contributed by atoms with E-state index in [-0.39, 0.29) is 17.5 Å². The molecule has 20 heavy (non-hydrogen) atoms. The maximum absolute atomic E-state index is 11.9. The molecule has 0 aromatic heterocycles. The second kappa shape index (κ2) is 7.69. The first kappa shape index (κ1) is 16.2. The highest BCUT2D eigenvalue weighted by molar-refractivity contribution is 7.80. The fraction of sp³-hybridized carbons (Fsp3) is 0.429. The molecule has 110 valence electrons. The SMILES string of the molecule is CCN(CC)C(=O)COc1cc(OC)cc(C(N)=S)c1. The largest absolute Gasteiger partial charge is 0.497 e. The zero-order valence-corrected chi connectivity index (χ0v) is 12.8. The maximum atomic E-state index is 11.9. The van der Waals surface area contributed by atoms with Crippen LogP contribution in [0.1, 0.15) is 19.4 Å². The van der Waals surface area contributed by atoms with E-state index in [4.69, 9.17) is 27.4 Å². The molecule has 0 radical (unpaired) electrons. The Morgan fingerprint density at radius 1 is 1.25 bits per heavy atom. The lowest BCUT2D eigenvalue weighted by Crippen LogP contribution is -2.34. The van der Waals surface area contributed by atoms with E-state index in [1.165, 1.54) is 0 Å². The topological polar surface area (TPSA) is 64.8 Å². The number of ether oxygens (including phenoxy) is 2. The van der Waals surface area contributed by atoms with E-state index < -0.39 is 0 Å². The van der Waals surface area contributed by atoms with Crippen LogP contribution >= 0.6 is 12.2 Å². The summed E-state index contributed by atoms with van der Waals surface area (Å²) in [5, 5.41) is 0. The monoisotopic (exact) mass is 296 g/mol. The number of carbonyl (C=O) groups excluding carboxylic acids is 1. The van der Waals surface area contributed by atoms with Gasteiger partial charge in [0.2, 0.25) is 0 Å². The van der Waals surface area contributed by atoms with Gasteiger partial charge in [0.15, 0.2) is 6.61 Å². The smallest absolute Gasteiger partial charge is 0.260 e. The number of nitrogens with zero attached hydrogens (tertiary/aromatic N) is 1. The van der Waals surface area contributed by atoms with Gasteiger partial charge in [-0.2, -0.15) is 0 Å². The van der Waals surface area contributed by atoms with Gasteiger partial charge in [-0.15, -0.1) is 0 Å². The van der Waals surface area contributed by atoms with Crippen molar-refractivity contribution in [1.29, 1.82) is 0 Å². The van der Waals surface area contributed by atoms with Gasteiger partial charge in [-0.3, -0.25) is 4.79 Å². The van der Waals surface area contributed by atoms with Crippen LogP contribution in [0.4, 0.5) is 0 Å². The first-order valence-electron chi connectivity index (χ1n) is 6.41. The third-order valence-corrected chi connectivity index (χ3v) is 3.11. The third kappa shape index (κ3) is 4.38. The van der Waals surface area contributed by atoms with Gasteiger partial charge in [0, 0.05) is 24.7 Å². The molecular weight excluding hydrogens is 276 g/mol. The van der Waals surface area contributed by atoms with Crippen LogP contribution in [0.15, 0.2) is 18.2 Å². The number of thiocarbonyl (C=S) groups is 1. The van der Waals surface area contributed by atoms with Crippen molar-refractivity contribution in [3.8, 4) is 11.5 Å². The number of likely N-dealkylation sites (N-methyl/N-ethyl adjacent to an activating group) is 1. The Morgan fingerprint density at radius 3 is 2.35 bits per heavy atom. The molecule has 0 fully saturated rings. The van der Waals surface area contributed by atoms with Crippen molar-refractivity contribution < 1.29 is 14.3 Å². The normalized spacial score (nSPS) is 9.95.